The summed E-state index contributed by atoms with van der Waals surface area (Å²) in [5.41, 5.74) is 1.33. The van der Waals surface area contributed by atoms with Gasteiger partial charge in [-0.15, -0.1) is 0 Å². The number of amides is 1. The number of ether oxygens (including phenoxy) is 1. The third-order valence-electron chi connectivity index (χ3n) is 2.47. The average molecular weight is 386 g/mol. The summed E-state index contributed by atoms with van der Waals surface area (Å²) in [4.78, 5) is 11.5. The van der Waals surface area contributed by atoms with E-state index in [1.807, 2.05) is 39.0 Å². The number of aryl methyl sites for hydroxylation is 1. The van der Waals surface area contributed by atoms with Crippen LogP contribution in [0, 0.1) is 14.9 Å². The average Bonchev–Trinajstić information content (AvgIpc) is 2.34. The maximum absolute atomic E-state index is 11.5. The number of hydrogen-bond acceptors (Lipinski definition) is 3. The molecule has 0 fully saturated rings. The van der Waals surface area contributed by atoms with Crippen LogP contribution in [-0.2, 0) is 11.2 Å². The Labute approximate surface area is 133 Å². The Bertz CT molecular complexity index is 516. The van der Waals surface area contributed by atoms with Gasteiger partial charge in [-0.1, -0.05) is 0 Å². The zero-order valence-corrected chi connectivity index (χ0v) is 14.2. The highest BCUT2D eigenvalue weighted by atomic mass is 127. The summed E-state index contributed by atoms with van der Waals surface area (Å²) in [6, 6.07) is 7.78. The summed E-state index contributed by atoms with van der Waals surface area (Å²) in [5.74, 6) is 0. The Morgan fingerprint density at radius 1 is 1.45 bits per heavy atom. The van der Waals surface area contributed by atoms with Crippen LogP contribution in [0.15, 0.2) is 18.2 Å². The van der Waals surface area contributed by atoms with E-state index in [1.54, 1.807) is 0 Å². The number of nitriles is 1. The fraction of sp³-hybridized carbons (Fsp3) is 0.467. The molecule has 1 aromatic rings. The van der Waals surface area contributed by atoms with Gasteiger partial charge in [0.25, 0.3) is 0 Å². The van der Waals surface area contributed by atoms with E-state index in [2.05, 4.69) is 34.0 Å². The zero-order valence-electron chi connectivity index (χ0n) is 12.0. The molecule has 0 aliphatic rings. The molecular weight excluding hydrogens is 367 g/mol. The maximum atomic E-state index is 11.5. The van der Waals surface area contributed by atoms with Crippen LogP contribution in [0.5, 0.6) is 0 Å². The molecule has 1 rings (SSSR count). The third kappa shape index (κ3) is 6.24. The molecule has 108 valence electrons. The van der Waals surface area contributed by atoms with Gasteiger partial charge in [0.05, 0.1) is 11.6 Å². The lowest BCUT2D eigenvalue weighted by Gasteiger charge is -2.19. The quantitative estimate of drug-likeness (QED) is 0.635. The Kier molecular flexibility index (Phi) is 6.27. The lowest BCUT2D eigenvalue weighted by atomic mass is 10.1. The Hall–Kier alpha value is -1.29. The number of benzene rings is 1. The summed E-state index contributed by atoms with van der Waals surface area (Å²) in [6.07, 6.45) is 1.24. The summed E-state index contributed by atoms with van der Waals surface area (Å²) in [7, 11) is 0. The number of halogens is 1. The van der Waals surface area contributed by atoms with Gasteiger partial charge >= 0.3 is 6.09 Å². The first-order valence-electron chi connectivity index (χ1n) is 6.47. The first-order valence-corrected chi connectivity index (χ1v) is 7.55. The van der Waals surface area contributed by atoms with Gasteiger partial charge in [0.1, 0.15) is 5.60 Å². The van der Waals surface area contributed by atoms with Gasteiger partial charge in [-0.05, 0) is 80.0 Å². The highest BCUT2D eigenvalue weighted by Crippen LogP contribution is 2.15. The lowest BCUT2D eigenvalue weighted by Crippen LogP contribution is -2.33. The van der Waals surface area contributed by atoms with Gasteiger partial charge in [-0.2, -0.15) is 5.26 Å². The molecule has 0 radical (unpaired) electrons. The van der Waals surface area contributed by atoms with Crippen LogP contribution in [0.2, 0.25) is 0 Å². The minimum atomic E-state index is -0.472. The van der Waals surface area contributed by atoms with Gasteiger partial charge in [0.15, 0.2) is 0 Å². The van der Waals surface area contributed by atoms with E-state index in [4.69, 9.17) is 10.00 Å². The van der Waals surface area contributed by atoms with Crippen molar-refractivity contribution in [2.45, 2.75) is 39.2 Å². The van der Waals surface area contributed by atoms with E-state index >= 15 is 0 Å². The van der Waals surface area contributed by atoms with Gasteiger partial charge in [-0.3, -0.25) is 0 Å². The molecule has 0 aromatic heterocycles. The topological polar surface area (TPSA) is 62.1 Å². The fourth-order valence-corrected chi connectivity index (χ4v) is 2.22. The zero-order chi connectivity index (χ0) is 15.2. The fourth-order valence-electron chi connectivity index (χ4n) is 1.62. The minimum absolute atomic E-state index is 0.391. The molecule has 1 aromatic carbocycles. The van der Waals surface area contributed by atoms with Crippen molar-refractivity contribution in [1.29, 1.82) is 5.26 Å². The van der Waals surface area contributed by atoms with Crippen LogP contribution >= 0.6 is 22.6 Å². The van der Waals surface area contributed by atoms with Crippen molar-refractivity contribution in [2.24, 2.45) is 0 Å². The number of alkyl carbamates (subject to hydrolysis) is 1. The Morgan fingerprint density at radius 2 is 2.15 bits per heavy atom. The third-order valence-corrected chi connectivity index (χ3v) is 3.52. The molecule has 0 unspecified atom stereocenters. The monoisotopic (exact) mass is 386 g/mol. The molecule has 4 nitrogen and oxygen atoms in total. The number of rotatable bonds is 4. The number of nitrogens with zero attached hydrogens (tertiary/aromatic N) is 1. The van der Waals surface area contributed by atoms with Crippen molar-refractivity contribution in [3.63, 3.8) is 0 Å². The van der Waals surface area contributed by atoms with Crippen LogP contribution in [-0.4, -0.2) is 18.2 Å². The number of hydrogen-bond donors (Lipinski definition) is 1. The molecule has 0 saturated carbocycles. The van der Waals surface area contributed by atoms with Gasteiger partial charge in [-0.25, -0.2) is 4.79 Å². The first-order chi connectivity index (χ1) is 9.31. The summed E-state index contributed by atoms with van der Waals surface area (Å²) < 4.78 is 6.29. The smallest absolute Gasteiger partial charge is 0.407 e. The molecule has 0 heterocycles. The summed E-state index contributed by atoms with van der Waals surface area (Å²) >= 11 is 2.25. The number of nitrogens with one attached hydrogen (secondary N) is 1. The Morgan fingerprint density at radius 3 is 2.75 bits per heavy atom. The predicted octanol–water partition coefficient (Wildman–Crippen LogP) is 3.62. The van der Waals surface area contributed by atoms with Gasteiger partial charge < -0.3 is 10.1 Å². The van der Waals surface area contributed by atoms with E-state index in [0.29, 0.717) is 12.1 Å². The largest absolute Gasteiger partial charge is 0.444 e. The molecule has 0 aliphatic carbocycles. The van der Waals surface area contributed by atoms with Crippen molar-refractivity contribution in [3.05, 3.63) is 32.9 Å². The van der Waals surface area contributed by atoms with Crippen LogP contribution in [0.3, 0.4) is 0 Å². The SMILES string of the molecule is CC(C)(C)OC(=O)NCCCc1cc(C#N)ccc1I. The molecule has 20 heavy (non-hydrogen) atoms. The van der Waals surface area contributed by atoms with Crippen LogP contribution in [0.25, 0.3) is 0 Å². The highest BCUT2D eigenvalue weighted by molar-refractivity contribution is 14.1. The van der Waals surface area contributed by atoms with E-state index in [-0.39, 0.29) is 0 Å². The number of carbonyl (C=O) groups excluding carboxylic acids is 1. The molecule has 1 N–H and O–H groups in total. The molecule has 0 saturated heterocycles. The van der Waals surface area contributed by atoms with E-state index < -0.39 is 11.7 Å². The molecule has 5 heteroatoms. The number of carbonyl (C=O) groups is 1. The lowest BCUT2D eigenvalue weighted by molar-refractivity contribution is 0.0527. The predicted molar refractivity (Wildman–Crippen MR) is 86.4 cm³/mol. The van der Waals surface area contributed by atoms with Gasteiger partial charge in [0, 0.05) is 10.1 Å². The second-order valence-corrected chi connectivity index (χ2v) is 6.61. The van der Waals surface area contributed by atoms with E-state index in [9.17, 15) is 4.79 Å². The molecule has 1 amide bonds. The standard InChI is InChI=1S/C15H19IN2O2/c1-15(2,3)20-14(19)18-8-4-5-12-9-11(10-17)6-7-13(12)16/h6-7,9H,4-5,8H2,1-3H3,(H,18,19). The summed E-state index contributed by atoms with van der Waals surface area (Å²) in [6.45, 7) is 6.06. The molecule has 0 spiro atoms. The van der Waals surface area contributed by atoms with Crippen LogP contribution in [0.4, 0.5) is 4.79 Å². The Balaban J connectivity index is 2.38. The maximum Gasteiger partial charge on any atom is 0.407 e. The van der Waals surface area contributed by atoms with Crippen LogP contribution < -0.4 is 5.32 Å². The molecular formula is C15H19IN2O2. The first kappa shape index (κ1) is 16.8. The molecule has 0 atom stereocenters. The normalized spacial score (nSPS) is 10.8. The highest BCUT2D eigenvalue weighted by Gasteiger charge is 2.15. The summed E-state index contributed by atoms with van der Waals surface area (Å²) in [5, 5.41) is 11.6. The van der Waals surface area contributed by atoms with E-state index in [1.165, 1.54) is 0 Å². The van der Waals surface area contributed by atoms with Gasteiger partial charge in [0.2, 0.25) is 0 Å². The van der Waals surface area contributed by atoms with Crippen molar-refractivity contribution in [3.8, 4) is 6.07 Å². The second kappa shape index (κ2) is 7.48. The van der Waals surface area contributed by atoms with Crippen molar-refractivity contribution in [1.82, 2.24) is 5.32 Å². The molecule has 0 aliphatic heterocycles. The van der Waals surface area contributed by atoms with Crippen molar-refractivity contribution >= 4 is 28.7 Å². The van der Waals surface area contributed by atoms with Crippen molar-refractivity contribution < 1.29 is 9.53 Å². The second-order valence-electron chi connectivity index (χ2n) is 5.45. The minimum Gasteiger partial charge on any atom is -0.444 e. The van der Waals surface area contributed by atoms with Crippen LogP contribution in [0.1, 0.15) is 38.3 Å². The van der Waals surface area contributed by atoms with E-state index in [0.717, 1.165) is 22.0 Å². The molecule has 0 bridgehead atoms. The van der Waals surface area contributed by atoms with Crippen molar-refractivity contribution in [2.75, 3.05) is 6.54 Å².